The van der Waals surface area contributed by atoms with Crippen LogP contribution < -0.4 is 10.6 Å². The number of pyridine rings is 1. The normalized spacial score (nSPS) is 28.2. The minimum Gasteiger partial charge on any atom is -0.344 e. The van der Waals surface area contributed by atoms with Gasteiger partial charge in [-0.05, 0) is 70.2 Å². The topological polar surface area (TPSA) is 58.4 Å². The molecule has 2 aliphatic carbocycles. The van der Waals surface area contributed by atoms with Crippen LogP contribution >= 0.6 is 0 Å². The maximum absolute atomic E-state index is 12.8. The summed E-state index contributed by atoms with van der Waals surface area (Å²) in [4.78, 5) is 17.8. The molecule has 5 rings (SSSR count). The molecular weight excluding hydrogens is 312 g/mol. The number of fused-ring (bicyclic) bond motifs is 2. The van der Waals surface area contributed by atoms with Crippen LogP contribution in [0.5, 0.6) is 0 Å². The molecule has 2 atom stereocenters. The lowest BCUT2D eigenvalue weighted by atomic mass is 10.0. The molecular formula is C20H26N4O. The van der Waals surface area contributed by atoms with Crippen LogP contribution in [0, 0.1) is 24.7 Å². The lowest BCUT2D eigenvalue weighted by Gasteiger charge is -2.26. The fourth-order valence-corrected chi connectivity index (χ4v) is 4.68. The highest BCUT2D eigenvalue weighted by atomic mass is 16.2. The minimum atomic E-state index is -0.481. The Morgan fingerprint density at radius 2 is 2.04 bits per heavy atom. The van der Waals surface area contributed by atoms with E-state index in [1.54, 1.807) is 0 Å². The van der Waals surface area contributed by atoms with Crippen molar-refractivity contribution in [2.45, 2.75) is 45.1 Å². The molecule has 0 radical (unpaired) electrons. The van der Waals surface area contributed by atoms with E-state index in [9.17, 15) is 4.79 Å². The third-order valence-electron chi connectivity index (χ3n) is 6.25. The van der Waals surface area contributed by atoms with Crippen LogP contribution in [0.2, 0.25) is 0 Å². The highest BCUT2D eigenvalue weighted by Gasteiger charge is 2.57. The molecule has 5 heteroatoms. The van der Waals surface area contributed by atoms with E-state index in [-0.39, 0.29) is 11.8 Å². The van der Waals surface area contributed by atoms with Gasteiger partial charge in [0.05, 0.1) is 16.7 Å². The number of carbonyl (C=O) groups excluding carboxylic acids is 1. The summed E-state index contributed by atoms with van der Waals surface area (Å²) in [5, 5.41) is 6.66. The van der Waals surface area contributed by atoms with Crippen LogP contribution in [-0.2, 0) is 10.3 Å². The molecule has 3 aliphatic rings. The van der Waals surface area contributed by atoms with Gasteiger partial charge in [-0.1, -0.05) is 6.07 Å². The number of imidazole rings is 1. The summed E-state index contributed by atoms with van der Waals surface area (Å²) in [5.74, 6) is 3.00. The van der Waals surface area contributed by atoms with Crippen LogP contribution in [0.3, 0.4) is 0 Å². The molecule has 5 nitrogen and oxygen atoms in total. The van der Waals surface area contributed by atoms with Crippen molar-refractivity contribution in [3.05, 3.63) is 35.4 Å². The van der Waals surface area contributed by atoms with Crippen LogP contribution in [0.25, 0.3) is 5.52 Å². The van der Waals surface area contributed by atoms with E-state index >= 15 is 0 Å². The van der Waals surface area contributed by atoms with Gasteiger partial charge in [-0.15, -0.1) is 0 Å². The Kier molecular flexibility index (Phi) is 3.12. The molecule has 2 aromatic heterocycles. The number of piperidine rings is 1. The highest BCUT2D eigenvalue weighted by Crippen LogP contribution is 2.49. The lowest BCUT2D eigenvalue weighted by Crippen LogP contribution is -2.44. The van der Waals surface area contributed by atoms with Crippen molar-refractivity contribution in [1.82, 2.24) is 20.0 Å². The number of aromatic nitrogens is 2. The van der Waals surface area contributed by atoms with Crippen molar-refractivity contribution >= 4 is 11.4 Å². The smallest absolute Gasteiger partial charge is 0.224 e. The molecule has 2 unspecified atom stereocenters. The Balaban J connectivity index is 1.49. The number of hydrogen-bond acceptors (Lipinski definition) is 3. The largest absolute Gasteiger partial charge is 0.344 e. The van der Waals surface area contributed by atoms with Crippen LogP contribution in [0.15, 0.2) is 18.3 Å². The maximum Gasteiger partial charge on any atom is 0.224 e. The lowest BCUT2D eigenvalue weighted by molar-refractivity contribution is -0.124. The van der Waals surface area contributed by atoms with Gasteiger partial charge in [0.25, 0.3) is 0 Å². The zero-order valence-electron chi connectivity index (χ0n) is 15.2. The van der Waals surface area contributed by atoms with Crippen LogP contribution in [0.1, 0.15) is 49.7 Å². The van der Waals surface area contributed by atoms with Gasteiger partial charge < -0.3 is 15.0 Å². The van der Waals surface area contributed by atoms with Crippen molar-refractivity contribution in [3.8, 4) is 0 Å². The van der Waals surface area contributed by atoms with Gasteiger partial charge in [-0.3, -0.25) is 4.79 Å². The number of nitrogens with one attached hydrogen (secondary N) is 2. The zero-order valence-corrected chi connectivity index (χ0v) is 15.2. The van der Waals surface area contributed by atoms with E-state index in [2.05, 4.69) is 54.1 Å². The van der Waals surface area contributed by atoms with Gasteiger partial charge in [0, 0.05) is 18.0 Å². The Hall–Kier alpha value is -1.88. The maximum atomic E-state index is 12.8. The van der Waals surface area contributed by atoms with E-state index in [0.717, 1.165) is 18.9 Å². The van der Waals surface area contributed by atoms with Crippen molar-refractivity contribution in [1.29, 1.82) is 0 Å². The molecule has 2 saturated carbocycles. The monoisotopic (exact) mass is 338 g/mol. The summed E-state index contributed by atoms with van der Waals surface area (Å²) in [7, 11) is 0. The number of rotatable bonds is 4. The van der Waals surface area contributed by atoms with Crippen molar-refractivity contribution < 1.29 is 4.79 Å². The SMILES string of the molecule is Cc1cccn2c(C(C)(C)NC(=O)C3C4CNCC43)nc(C3CC3)c12. The first-order valence-electron chi connectivity index (χ1n) is 9.48. The molecule has 0 bridgehead atoms. The van der Waals surface area contributed by atoms with Gasteiger partial charge in [-0.2, -0.15) is 0 Å². The highest BCUT2D eigenvalue weighted by molar-refractivity contribution is 5.83. The predicted molar refractivity (Wildman–Crippen MR) is 96.4 cm³/mol. The van der Waals surface area contributed by atoms with Crippen molar-refractivity contribution in [2.24, 2.45) is 17.8 Å². The van der Waals surface area contributed by atoms with E-state index in [0.29, 0.717) is 17.8 Å². The average molecular weight is 338 g/mol. The number of amides is 1. The van der Waals surface area contributed by atoms with Crippen molar-refractivity contribution in [2.75, 3.05) is 13.1 Å². The minimum absolute atomic E-state index is 0.191. The summed E-state index contributed by atoms with van der Waals surface area (Å²) in [5.41, 5.74) is 3.22. The van der Waals surface area contributed by atoms with E-state index < -0.39 is 5.54 Å². The second kappa shape index (κ2) is 5.07. The second-order valence-electron chi connectivity index (χ2n) is 8.63. The molecule has 132 valence electrons. The zero-order chi connectivity index (χ0) is 17.3. The molecule has 1 saturated heterocycles. The van der Waals surface area contributed by atoms with Crippen LogP contribution in [0.4, 0.5) is 0 Å². The van der Waals surface area contributed by atoms with E-state index in [1.807, 2.05) is 0 Å². The number of carbonyl (C=O) groups is 1. The summed E-state index contributed by atoms with van der Waals surface area (Å²) in [6.45, 7) is 8.28. The Bertz CT molecular complexity index is 854. The molecule has 1 aliphatic heterocycles. The number of nitrogens with zero attached hydrogens (tertiary/aromatic N) is 2. The van der Waals surface area contributed by atoms with Gasteiger partial charge in [-0.25, -0.2) is 4.98 Å². The first-order chi connectivity index (χ1) is 12.0. The van der Waals surface area contributed by atoms with Crippen molar-refractivity contribution in [3.63, 3.8) is 0 Å². The van der Waals surface area contributed by atoms with Gasteiger partial charge in [0.2, 0.25) is 5.91 Å². The second-order valence-corrected chi connectivity index (χ2v) is 8.63. The third-order valence-corrected chi connectivity index (χ3v) is 6.25. The van der Waals surface area contributed by atoms with E-state index in [4.69, 9.17) is 4.98 Å². The summed E-state index contributed by atoms with van der Waals surface area (Å²) in [6.07, 6.45) is 4.54. The third kappa shape index (κ3) is 2.32. The number of aryl methyl sites for hydroxylation is 1. The van der Waals surface area contributed by atoms with Gasteiger partial charge in [0.1, 0.15) is 5.82 Å². The molecule has 3 heterocycles. The van der Waals surface area contributed by atoms with E-state index in [1.165, 1.54) is 29.6 Å². The molecule has 0 spiro atoms. The Morgan fingerprint density at radius 3 is 2.72 bits per heavy atom. The van der Waals surface area contributed by atoms with Gasteiger partial charge >= 0.3 is 0 Å². The first kappa shape index (κ1) is 15.4. The standard InChI is InChI=1S/C20H26N4O/c1-11-5-4-8-24-17(11)16(12-6-7-12)22-19(24)20(2,3)23-18(25)15-13-9-21-10-14(13)15/h4-5,8,12-15,21H,6-7,9-10H2,1-3H3,(H,23,25). The Morgan fingerprint density at radius 1 is 1.32 bits per heavy atom. The van der Waals surface area contributed by atoms with Gasteiger partial charge in [0.15, 0.2) is 0 Å². The number of hydrogen-bond donors (Lipinski definition) is 2. The summed E-state index contributed by atoms with van der Waals surface area (Å²) in [6, 6.07) is 4.22. The fraction of sp³-hybridized carbons (Fsp3) is 0.600. The molecule has 2 N–H and O–H groups in total. The average Bonchev–Trinajstić information content (AvgIpc) is 3.43. The summed E-state index contributed by atoms with van der Waals surface area (Å²) >= 11 is 0. The molecule has 25 heavy (non-hydrogen) atoms. The molecule has 0 aromatic carbocycles. The quantitative estimate of drug-likeness (QED) is 0.900. The summed E-state index contributed by atoms with van der Waals surface area (Å²) < 4.78 is 2.19. The molecule has 3 fully saturated rings. The first-order valence-corrected chi connectivity index (χ1v) is 9.48. The predicted octanol–water partition coefficient (Wildman–Crippen LogP) is 2.34. The fourth-order valence-electron chi connectivity index (χ4n) is 4.68. The van der Waals surface area contributed by atoms with Crippen LogP contribution in [-0.4, -0.2) is 28.4 Å². The molecule has 2 aromatic rings. The molecule has 1 amide bonds. The Labute approximate surface area is 148 Å².